The largest absolute Gasteiger partial charge is 0.398 e. The van der Waals surface area contributed by atoms with Gasteiger partial charge in [-0.05, 0) is 11.6 Å². The van der Waals surface area contributed by atoms with Gasteiger partial charge in [0.2, 0.25) is 0 Å². The molecule has 1 aromatic heterocycles. The lowest BCUT2D eigenvalue weighted by atomic mass is 10.1. The summed E-state index contributed by atoms with van der Waals surface area (Å²) in [5.41, 5.74) is 10.2. The number of aromatic nitrogens is 1. The highest BCUT2D eigenvalue weighted by atomic mass is 32.1. The van der Waals surface area contributed by atoms with Gasteiger partial charge in [-0.3, -0.25) is 9.59 Å². The highest BCUT2D eigenvalue weighted by Crippen LogP contribution is 2.32. The van der Waals surface area contributed by atoms with Gasteiger partial charge in [-0.15, -0.1) is 0 Å². The SMILES string of the molecule is NC(=Nc1c(Nc2ncc(-c3ccccc3)s2)c(=O)c1=O)c1cc(F)c(F)cc1N. The smallest absolute Gasteiger partial charge is 0.255 e. The molecule has 150 valence electrons. The Bertz CT molecular complexity index is 1360. The lowest BCUT2D eigenvalue weighted by Gasteiger charge is -2.10. The highest BCUT2D eigenvalue weighted by Gasteiger charge is 2.23. The predicted molar refractivity (Wildman–Crippen MR) is 113 cm³/mol. The number of hydrogen-bond donors (Lipinski definition) is 3. The van der Waals surface area contributed by atoms with Crippen molar-refractivity contribution in [2.45, 2.75) is 0 Å². The van der Waals surface area contributed by atoms with Gasteiger partial charge >= 0.3 is 0 Å². The molecule has 0 saturated heterocycles. The second-order valence-corrected chi connectivity index (χ2v) is 7.28. The molecule has 0 unspecified atom stereocenters. The second-order valence-electron chi connectivity index (χ2n) is 6.25. The summed E-state index contributed by atoms with van der Waals surface area (Å²) in [6.07, 6.45) is 1.63. The number of nitrogens with zero attached hydrogens (tertiary/aromatic N) is 2. The monoisotopic (exact) mass is 425 g/mol. The Morgan fingerprint density at radius 3 is 2.50 bits per heavy atom. The zero-order valence-electron chi connectivity index (χ0n) is 15.1. The van der Waals surface area contributed by atoms with Crippen LogP contribution in [-0.4, -0.2) is 10.8 Å². The van der Waals surface area contributed by atoms with E-state index in [1.807, 2.05) is 30.3 Å². The molecule has 7 nitrogen and oxygen atoms in total. The minimum absolute atomic E-state index is 0.0851. The van der Waals surface area contributed by atoms with Crippen molar-refractivity contribution in [1.82, 2.24) is 4.98 Å². The molecule has 0 spiro atoms. The zero-order valence-corrected chi connectivity index (χ0v) is 16.0. The summed E-state index contributed by atoms with van der Waals surface area (Å²) >= 11 is 1.28. The molecule has 1 heterocycles. The number of hydrogen-bond acceptors (Lipinski definition) is 7. The number of rotatable bonds is 5. The minimum atomic E-state index is -1.17. The van der Waals surface area contributed by atoms with Crippen LogP contribution in [0.5, 0.6) is 0 Å². The first-order chi connectivity index (χ1) is 14.3. The number of halogens is 2. The van der Waals surface area contributed by atoms with Crippen molar-refractivity contribution < 1.29 is 8.78 Å². The lowest BCUT2D eigenvalue weighted by Crippen LogP contribution is -2.33. The van der Waals surface area contributed by atoms with Gasteiger partial charge < -0.3 is 16.8 Å². The van der Waals surface area contributed by atoms with Crippen LogP contribution in [0, 0.1) is 11.6 Å². The van der Waals surface area contributed by atoms with Crippen molar-refractivity contribution >= 4 is 39.4 Å². The zero-order chi connectivity index (χ0) is 21.4. The van der Waals surface area contributed by atoms with Crippen LogP contribution in [0.3, 0.4) is 0 Å². The van der Waals surface area contributed by atoms with Crippen molar-refractivity contribution in [3.63, 3.8) is 0 Å². The highest BCUT2D eigenvalue weighted by molar-refractivity contribution is 7.18. The number of amidine groups is 1. The molecule has 5 N–H and O–H groups in total. The molecule has 0 amide bonds. The van der Waals surface area contributed by atoms with Crippen molar-refractivity contribution in [2.24, 2.45) is 10.7 Å². The molecule has 0 aliphatic heterocycles. The first kappa shape index (κ1) is 19.4. The Kier molecular flexibility index (Phi) is 4.84. The molecule has 0 aliphatic carbocycles. The second kappa shape index (κ2) is 7.48. The van der Waals surface area contributed by atoms with Gasteiger partial charge in [0.05, 0.1) is 4.88 Å². The molecule has 0 radical (unpaired) electrons. The maximum Gasteiger partial charge on any atom is 0.255 e. The standard InChI is InChI=1S/C20H13F2N5O2S/c21-11-6-10(13(23)7-12(11)22)19(24)26-15-16(18(29)17(15)28)27-20-25-8-14(30-20)9-4-2-1-3-5-9/h1-8H,23H2,(H2,24,26)(H,25,27). The molecule has 4 aromatic rings. The molecule has 30 heavy (non-hydrogen) atoms. The Labute approximate surface area is 172 Å². The predicted octanol–water partition coefficient (Wildman–Crippen LogP) is 3.05. The summed E-state index contributed by atoms with van der Waals surface area (Å²) in [4.78, 5) is 32.9. The van der Waals surface area contributed by atoms with Crippen molar-refractivity contribution in [3.8, 4) is 10.4 Å². The van der Waals surface area contributed by atoms with Gasteiger partial charge in [-0.1, -0.05) is 41.7 Å². The minimum Gasteiger partial charge on any atom is -0.398 e. The van der Waals surface area contributed by atoms with Crippen molar-refractivity contribution in [1.29, 1.82) is 0 Å². The first-order valence-corrected chi connectivity index (χ1v) is 9.37. The number of benzene rings is 2. The van der Waals surface area contributed by atoms with Crippen molar-refractivity contribution in [2.75, 3.05) is 11.1 Å². The number of aliphatic imine (C=N–C) groups is 1. The van der Waals surface area contributed by atoms with E-state index in [-0.39, 0.29) is 28.5 Å². The molecule has 0 saturated carbocycles. The third-order valence-electron chi connectivity index (χ3n) is 4.28. The van der Waals surface area contributed by atoms with Gasteiger partial charge in [0.1, 0.15) is 17.2 Å². The van der Waals surface area contributed by atoms with E-state index in [0.717, 1.165) is 22.6 Å². The average Bonchev–Trinajstić information content (AvgIpc) is 3.22. The lowest BCUT2D eigenvalue weighted by molar-refractivity contribution is 0.509. The van der Waals surface area contributed by atoms with E-state index in [4.69, 9.17) is 11.5 Å². The number of thiazole rings is 1. The summed E-state index contributed by atoms with van der Waals surface area (Å²) in [6, 6.07) is 11.0. The molecular weight excluding hydrogens is 412 g/mol. The Hall–Kier alpha value is -3.92. The van der Waals surface area contributed by atoms with E-state index >= 15 is 0 Å². The third-order valence-corrected chi connectivity index (χ3v) is 5.24. The molecule has 0 bridgehead atoms. The maximum absolute atomic E-state index is 13.5. The van der Waals surface area contributed by atoms with Gasteiger partial charge in [0.15, 0.2) is 16.8 Å². The summed E-state index contributed by atoms with van der Waals surface area (Å²) in [6.45, 7) is 0. The molecule has 4 rings (SSSR count). The van der Waals surface area contributed by atoms with E-state index < -0.39 is 22.5 Å². The summed E-state index contributed by atoms with van der Waals surface area (Å²) in [5.74, 6) is -2.64. The van der Waals surface area contributed by atoms with Crippen LogP contribution in [0.2, 0.25) is 0 Å². The summed E-state index contributed by atoms with van der Waals surface area (Å²) in [7, 11) is 0. The van der Waals surface area contributed by atoms with Gasteiger partial charge in [0, 0.05) is 23.5 Å². The summed E-state index contributed by atoms with van der Waals surface area (Å²) in [5, 5.41) is 3.16. The summed E-state index contributed by atoms with van der Waals surface area (Å²) < 4.78 is 26.8. The van der Waals surface area contributed by atoms with Crippen LogP contribution in [0.25, 0.3) is 10.4 Å². The van der Waals surface area contributed by atoms with E-state index in [1.54, 1.807) is 6.20 Å². The molecular formula is C20H13F2N5O2S. The molecule has 3 aromatic carbocycles. The fourth-order valence-corrected chi connectivity index (χ4v) is 3.57. The van der Waals surface area contributed by atoms with E-state index in [1.165, 1.54) is 11.3 Å². The van der Waals surface area contributed by atoms with Crippen LogP contribution < -0.4 is 27.6 Å². The Morgan fingerprint density at radius 2 is 1.77 bits per heavy atom. The van der Waals surface area contributed by atoms with Crippen LogP contribution in [-0.2, 0) is 0 Å². The van der Waals surface area contributed by atoms with E-state index in [0.29, 0.717) is 5.13 Å². The quantitative estimate of drug-likeness (QED) is 0.195. The van der Waals surface area contributed by atoms with Gasteiger partial charge in [-0.25, -0.2) is 18.8 Å². The number of anilines is 3. The first-order valence-electron chi connectivity index (χ1n) is 8.55. The number of nitrogen functional groups attached to an aromatic ring is 1. The van der Waals surface area contributed by atoms with Gasteiger partial charge in [0.25, 0.3) is 10.9 Å². The van der Waals surface area contributed by atoms with E-state index in [2.05, 4.69) is 15.3 Å². The normalized spacial score (nSPS) is 11.7. The fourth-order valence-electron chi connectivity index (χ4n) is 2.74. The number of nitrogens with two attached hydrogens (primary N) is 2. The number of nitrogens with one attached hydrogen (secondary N) is 1. The van der Waals surface area contributed by atoms with Crippen LogP contribution in [0.4, 0.5) is 31.0 Å². The molecule has 0 aliphatic rings. The van der Waals surface area contributed by atoms with Crippen LogP contribution >= 0.6 is 11.3 Å². The molecule has 0 atom stereocenters. The molecule has 0 fully saturated rings. The van der Waals surface area contributed by atoms with Crippen molar-refractivity contribution in [3.05, 3.63) is 86.3 Å². The average molecular weight is 425 g/mol. The maximum atomic E-state index is 13.5. The molecule has 10 heteroatoms. The Morgan fingerprint density at radius 1 is 1.07 bits per heavy atom. The fraction of sp³-hybridized carbons (Fsp3) is 0. The van der Waals surface area contributed by atoms with Crippen LogP contribution in [0.15, 0.2) is 63.2 Å². The van der Waals surface area contributed by atoms with Crippen LogP contribution in [0.1, 0.15) is 5.56 Å². The van der Waals surface area contributed by atoms with Gasteiger partial charge in [-0.2, -0.15) is 0 Å². The third kappa shape index (κ3) is 3.44. The topological polar surface area (TPSA) is 123 Å². The van der Waals surface area contributed by atoms with E-state index in [9.17, 15) is 18.4 Å². The Balaban J connectivity index is 1.64.